The van der Waals surface area contributed by atoms with E-state index < -0.39 is 0 Å². The number of fused-ring (bicyclic) bond motifs is 7. The number of para-hydroxylation sites is 3. The van der Waals surface area contributed by atoms with Gasteiger partial charge in [0.1, 0.15) is 0 Å². The minimum Gasteiger partial charge on any atom is -0.307 e. The smallest absolute Gasteiger partial charge is 0.0788 e. The van der Waals surface area contributed by atoms with Crippen molar-refractivity contribution in [1.29, 1.82) is 0 Å². The quantitative estimate of drug-likeness (QED) is 0.236. The first-order valence-electron chi connectivity index (χ1n) is 13.0. The Balaban J connectivity index is 1.60. The molecule has 0 saturated carbocycles. The summed E-state index contributed by atoms with van der Waals surface area (Å²) >= 11 is 0. The summed E-state index contributed by atoms with van der Waals surface area (Å²) in [4.78, 5) is 0. The van der Waals surface area contributed by atoms with Gasteiger partial charge < -0.3 is 9.13 Å². The first-order valence-corrected chi connectivity index (χ1v) is 13.0. The SMILES string of the molecule is c1ccc(-c2ccc3c(c2)c2ccc4c5ccccc5n(-c5ccccc5)c4c2n3-c2ccccc2)cc1. The zero-order valence-corrected chi connectivity index (χ0v) is 20.8. The average molecular weight is 485 g/mol. The summed E-state index contributed by atoms with van der Waals surface area (Å²) in [6.07, 6.45) is 0. The fourth-order valence-corrected chi connectivity index (χ4v) is 6.05. The maximum Gasteiger partial charge on any atom is 0.0788 e. The molecule has 0 saturated heterocycles. The van der Waals surface area contributed by atoms with E-state index in [1.807, 2.05) is 0 Å². The third-order valence-electron chi connectivity index (χ3n) is 7.70. The van der Waals surface area contributed by atoms with Gasteiger partial charge in [0.15, 0.2) is 0 Å². The molecule has 0 radical (unpaired) electrons. The monoisotopic (exact) mass is 484 g/mol. The average Bonchev–Trinajstić information content (AvgIpc) is 3.51. The second kappa shape index (κ2) is 8.22. The van der Waals surface area contributed by atoms with Crippen LogP contribution in [-0.4, -0.2) is 9.13 Å². The van der Waals surface area contributed by atoms with E-state index in [2.05, 4.69) is 155 Å². The number of benzene rings is 6. The number of hydrogen-bond acceptors (Lipinski definition) is 0. The molecule has 0 aliphatic heterocycles. The zero-order chi connectivity index (χ0) is 25.1. The fraction of sp³-hybridized carbons (Fsp3) is 0. The van der Waals surface area contributed by atoms with Gasteiger partial charge >= 0.3 is 0 Å². The Kier molecular flexibility index (Phi) is 4.55. The van der Waals surface area contributed by atoms with E-state index in [9.17, 15) is 0 Å². The van der Waals surface area contributed by atoms with Crippen LogP contribution in [0.3, 0.4) is 0 Å². The lowest BCUT2D eigenvalue weighted by atomic mass is 10.0. The third-order valence-corrected chi connectivity index (χ3v) is 7.70. The standard InChI is InChI=1S/C36H24N2/c1-4-12-25(13-5-1)26-20-23-34-32(24-26)31-22-21-30-29-18-10-11-19-33(29)37(27-14-6-2-7-15-27)35(30)36(31)38(34)28-16-8-3-9-17-28/h1-24H. The van der Waals surface area contributed by atoms with Gasteiger partial charge in [0, 0.05) is 32.9 Å². The van der Waals surface area contributed by atoms with Gasteiger partial charge in [0.2, 0.25) is 0 Å². The summed E-state index contributed by atoms with van der Waals surface area (Å²) in [5, 5.41) is 5.05. The van der Waals surface area contributed by atoms with E-state index in [0.29, 0.717) is 0 Å². The second-order valence-corrected chi connectivity index (χ2v) is 9.81. The van der Waals surface area contributed by atoms with Crippen molar-refractivity contribution in [2.75, 3.05) is 0 Å². The molecule has 38 heavy (non-hydrogen) atoms. The van der Waals surface area contributed by atoms with Crippen LogP contribution in [0.25, 0.3) is 66.1 Å². The van der Waals surface area contributed by atoms with Crippen LogP contribution in [0.2, 0.25) is 0 Å². The van der Waals surface area contributed by atoms with Crippen molar-refractivity contribution in [3.05, 3.63) is 146 Å². The van der Waals surface area contributed by atoms with E-state index in [4.69, 9.17) is 0 Å². The van der Waals surface area contributed by atoms with E-state index in [1.54, 1.807) is 0 Å². The summed E-state index contributed by atoms with van der Waals surface area (Å²) in [5.41, 5.74) is 9.69. The van der Waals surface area contributed by atoms with E-state index in [0.717, 1.165) is 5.69 Å². The molecule has 8 aromatic rings. The Bertz CT molecular complexity index is 2100. The summed E-state index contributed by atoms with van der Waals surface area (Å²) in [6, 6.07) is 52.4. The van der Waals surface area contributed by atoms with E-state index in [-0.39, 0.29) is 0 Å². The second-order valence-electron chi connectivity index (χ2n) is 9.81. The summed E-state index contributed by atoms with van der Waals surface area (Å²) < 4.78 is 4.88. The van der Waals surface area contributed by atoms with Crippen molar-refractivity contribution in [2.24, 2.45) is 0 Å². The first kappa shape index (κ1) is 21.0. The highest BCUT2D eigenvalue weighted by atomic mass is 15.0. The van der Waals surface area contributed by atoms with Crippen molar-refractivity contribution in [3.63, 3.8) is 0 Å². The highest BCUT2D eigenvalue weighted by Gasteiger charge is 2.21. The highest BCUT2D eigenvalue weighted by Crippen LogP contribution is 2.42. The van der Waals surface area contributed by atoms with Gasteiger partial charge in [-0.15, -0.1) is 0 Å². The molecule has 0 bridgehead atoms. The maximum absolute atomic E-state index is 2.44. The molecule has 2 nitrogen and oxygen atoms in total. The largest absolute Gasteiger partial charge is 0.307 e. The Morgan fingerprint density at radius 2 is 0.816 bits per heavy atom. The van der Waals surface area contributed by atoms with Crippen LogP contribution < -0.4 is 0 Å². The Morgan fingerprint density at radius 1 is 0.316 bits per heavy atom. The minimum absolute atomic E-state index is 1.16. The van der Waals surface area contributed by atoms with Gasteiger partial charge in [-0.1, -0.05) is 103 Å². The molecule has 0 N–H and O–H groups in total. The Hall–Kier alpha value is -5.08. The molecule has 0 amide bonds. The van der Waals surface area contributed by atoms with Crippen molar-refractivity contribution >= 4 is 43.6 Å². The molecule has 2 aromatic heterocycles. The molecule has 0 spiro atoms. The van der Waals surface area contributed by atoms with Gasteiger partial charge in [-0.25, -0.2) is 0 Å². The predicted octanol–water partition coefficient (Wildman–Crippen LogP) is 9.55. The Morgan fingerprint density at radius 3 is 1.45 bits per heavy atom. The van der Waals surface area contributed by atoms with Crippen molar-refractivity contribution in [2.45, 2.75) is 0 Å². The lowest BCUT2D eigenvalue weighted by Gasteiger charge is -2.12. The van der Waals surface area contributed by atoms with Crippen molar-refractivity contribution in [1.82, 2.24) is 9.13 Å². The van der Waals surface area contributed by atoms with Crippen molar-refractivity contribution in [3.8, 4) is 22.5 Å². The number of aromatic nitrogens is 2. The molecule has 0 aliphatic rings. The molecule has 178 valence electrons. The Labute approximate surface area is 220 Å². The number of nitrogens with zero attached hydrogens (tertiary/aromatic N) is 2. The van der Waals surface area contributed by atoms with Crippen LogP contribution >= 0.6 is 0 Å². The van der Waals surface area contributed by atoms with E-state index in [1.165, 1.54) is 60.4 Å². The van der Waals surface area contributed by atoms with Gasteiger partial charge in [-0.05, 0) is 53.6 Å². The van der Waals surface area contributed by atoms with Gasteiger partial charge in [-0.2, -0.15) is 0 Å². The topological polar surface area (TPSA) is 9.86 Å². The van der Waals surface area contributed by atoms with E-state index >= 15 is 0 Å². The van der Waals surface area contributed by atoms with Crippen LogP contribution in [-0.2, 0) is 0 Å². The van der Waals surface area contributed by atoms with Gasteiger partial charge in [-0.3, -0.25) is 0 Å². The number of hydrogen-bond donors (Lipinski definition) is 0. The molecule has 8 rings (SSSR count). The molecule has 0 fully saturated rings. The number of rotatable bonds is 3. The predicted molar refractivity (Wildman–Crippen MR) is 161 cm³/mol. The molecular weight excluding hydrogens is 460 g/mol. The van der Waals surface area contributed by atoms with Gasteiger partial charge in [0.05, 0.1) is 22.1 Å². The lowest BCUT2D eigenvalue weighted by molar-refractivity contribution is 1.15. The van der Waals surface area contributed by atoms with Crippen LogP contribution in [0.15, 0.2) is 146 Å². The summed E-state index contributed by atoms with van der Waals surface area (Å²) in [6.45, 7) is 0. The van der Waals surface area contributed by atoms with Crippen LogP contribution in [0.1, 0.15) is 0 Å². The first-order chi connectivity index (χ1) is 18.9. The maximum atomic E-state index is 2.44. The fourth-order valence-electron chi connectivity index (χ4n) is 6.05. The lowest BCUT2D eigenvalue weighted by Crippen LogP contribution is -1.98. The molecule has 6 aromatic carbocycles. The van der Waals surface area contributed by atoms with Crippen LogP contribution in [0.5, 0.6) is 0 Å². The molecule has 0 unspecified atom stereocenters. The minimum atomic E-state index is 1.16. The molecular formula is C36H24N2. The van der Waals surface area contributed by atoms with Crippen LogP contribution in [0.4, 0.5) is 0 Å². The molecule has 0 atom stereocenters. The molecule has 2 heterocycles. The van der Waals surface area contributed by atoms with Gasteiger partial charge in [0.25, 0.3) is 0 Å². The highest BCUT2D eigenvalue weighted by molar-refractivity contribution is 6.24. The molecule has 2 heteroatoms. The van der Waals surface area contributed by atoms with Crippen molar-refractivity contribution < 1.29 is 0 Å². The summed E-state index contributed by atoms with van der Waals surface area (Å²) in [7, 11) is 0. The third kappa shape index (κ3) is 3.01. The normalized spacial score (nSPS) is 11.7. The zero-order valence-electron chi connectivity index (χ0n) is 20.8. The summed E-state index contributed by atoms with van der Waals surface area (Å²) in [5.74, 6) is 0. The molecule has 0 aliphatic carbocycles. The van der Waals surface area contributed by atoms with Crippen LogP contribution in [0, 0.1) is 0 Å².